The Hall–Kier alpha value is -2.96. The number of non-ortho nitro benzene ring substituents is 1. The summed E-state index contributed by atoms with van der Waals surface area (Å²) in [5.41, 5.74) is 0.187. The summed E-state index contributed by atoms with van der Waals surface area (Å²) >= 11 is 2.19. The summed E-state index contributed by atoms with van der Waals surface area (Å²) in [7, 11) is 0. The molecule has 0 spiro atoms. The topological polar surface area (TPSA) is 135 Å². The van der Waals surface area contributed by atoms with Crippen molar-refractivity contribution < 1.29 is 29.1 Å². The fraction of sp³-hybridized carbons (Fsp3) is 0.190. The first-order valence-electron chi connectivity index (χ1n) is 9.18. The first kappa shape index (κ1) is 22.7. The van der Waals surface area contributed by atoms with Gasteiger partial charge < -0.3 is 24.7 Å². The number of rotatable bonds is 9. The van der Waals surface area contributed by atoms with Crippen molar-refractivity contribution in [3.05, 3.63) is 91.4 Å². The lowest BCUT2D eigenvalue weighted by molar-refractivity contribution is -0.384. The highest BCUT2D eigenvalue weighted by molar-refractivity contribution is 14.1. The van der Waals surface area contributed by atoms with Gasteiger partial charge in [-0.2, -0.15) is 0 Å². The number of halogens is 1. The zero-order chi connectivity index (χ0) is 22.4. The molecule has 0 fully saturated rings. The van der Waals surface area contributed by atoms with E-state index < -0.39 is 29.6 Å². The minimum absolute atomic E-state index is 0.00411. The molecule has 0 aliphatic rings. The summed E-state index contributed by atoms with van der Waals surface area (Å²) in [5, 5.41) is 33.3. The number of carbonyl (C=O) groups is 1. The normalized spacial score (nSPS) is 12.7. The molecule has 0 aliphatic heterocycles. The molecule has 31 heavy (non-hydrogen) atoms. The second-order valence-corrected chi connectivity index (χ2v) is 7.81. The summed E-state index contributed by atoms with van der Waals surface area (Å²) in [6.45, 7) is -0.421. The summed E-state index contributed by atoms with van der Waals surface area (Å²) in [6, 6.07) is 14.7. The van der Waals surface area contributed by atoms with Gasteiger partial charge in [0, 0.05) is 15.7 Å². The molecule has 0 radical (unpaired) electrons. The molecular formula is C21H19IN2O7. The molecule has 162 valence electrons. The molecule has 0 aliphatic carbocycles. The molecule has 9 nitrogen and oxygen atoms in total. The van der Waals surface area contributed by atoms with Gasteiger partial charge >= 0.3 is 0 Å². The molecular weight excluding hydrogens is 519 g/mol. The standard InChI is InChI=1S/C21H19IN2O7/c22-14-3-7-16(8-4-14)30-12-17-9-10-19(31-17)21(27)23-18(11-25)20(26)13-1-5-15(6-2-13)24(28)29/h1-10,18,20,25-26H,11-12H2,(H,23,27). The largest absolute Gasteiger partial charge is 0.486 e. The van der Waals surface area contributed by atoms with Crippen LogP contribution in [0.2, 0.25) is 0 Å². The van der Waals surface area contributed by atoms with E-state index in [4.69, 9.17) is 9.15 Å². The van der Waals surface area contributed by atoms with Crippen LogP contribution in [0.25, 0.3) is 0 Å². The molecule has 3 aromatic rings. The van der Waals surface area contributed by atoms with Crippen molar-refractivity contribution in [2.45, 2.75) is 18.8 Å². The van der Waals surface area contributed by atoms with Gasteiger partial charge in [0.05, 0.1) is 17.6 Å². The van der Waals surface area contributed by atoms with Crippen molar-refractivity contribution in [1.82, 2.24) is 5.32 Å². The van der Waals surface area contributed by atoms with Crippen molar-refractivity contribution in [3.63, 3.8) is 0 Å². The molecule has 3 N–H and O–H groups in total. The number of hydrogen-bond donors (Lipinski definition) is 3. The van der Waals surface area contributed by atoms with Gasteiger partial charge in [0.2, 0.25) is 0 Å². The smallest absolute Gasteiger partial charge is 0.287 e. The highest BCUT2D eigenvalue weighted by Gasteiger charge is 2.24. The van der Waals surface area contributed by atoms with E-state index in [1.54, 1.807) is 6.07 Å². The number of aliphatic hydroxyl groups is 2. The highest BCUT2D eigenvalue weighted by Crippen LogP contribution is 2.21. The van der Waals surface area contributed by atoms with E-state index in [1.807, 2.05) is 24.3 Å². The zero-order valence-electron chi connectivity index (χ0n) is 16.1. The van der Waals surface area contributed by atoms with Gasteiger partial charge in [-0.3, -0.25) is 14.9 Å². The maximum Gasteiger partial charge on any atom is 0.287 e. The van der Waals surface area contributed by atoms with Crippen molar-refractivity contribution in [3.8, 4) is 5.75 Å². The molecule has 0 bridgehead atoms. The molecule has 3 rings (SSSR count). The lowest BCUT2D eigenvalue weighted by Crippen LogP contribution is -2.41. The van der Waals surface area contributed by atoms with Gasteiger partial charge in [0.1, 0.15) is 24.2 Å². The average Bonchev–Trinajstić information content (AvgIpc) is 3.26. The van der Waals surface area contributed by atoms with E-state index in [1.165, 1.54) is 30.3 Å². The van der Waals surface area contributed by atoms with Crippen molar-refractivity contribution in [2.75, 3.05) is 6.61 Å². The van der Waals surface area contributed by atoms with E-state index in [-0.39, 0.29) is 18.1 Å². The minimum Gasteiger partial charge on any atom is -0.486 e. The van der Waals surface area contributed by atoms with Crippen LogP contribution >= 0.6 is 22.6 Å². The van der Waals surface area contributed by atoms with Crippen molar-refractivity contribution >= 4 is 34.2 Å². The molecule has 1 aromatic heterocycles. The van der Waals surface area contributed by atoms with Gasteiger partial charge in [-0.15, -0.1) is 0 Å². The summed E-state index contributed by atoms with van der Waals surface area (Å²) < 4.78 is 12.2. The Bertz CT molecular complexity index is 1030. The molecule has 2 unspecified atom stereocenters. The Kier molecular flexibility index (Phi) is 7.60. The molecule has 0 saturated carbocycles. The number of furan rings is 1. The van der Waals surface area contributed by atoms with Gasteiger partial charge in [-0.1, -0.05) is 0 Å². The maximum atomic E-state index is 12.5. The van der Waals surface area contributed by atoms with Crippen LogP contribution in [0.1, 0.15) is 28.0 Å². The first-order valence-corrected chi connectivity index (χ1v) is 10.3. The average molecular weight is 538 g/mol. The minimum atomic E-state index is -1.27. The number of benzene rings is 2. The third-order valence-electron chi connectivity index (χ3n) is 4.42. The van der Waals surface area contributed by atoms with E-state index in [2.05, 4.69) is 27.9 Å². The number of aliphatic hydroxyl groups excluding tert-OH is 2. The second-order valence-electron chi connectivity index (χ2n) is 6.56. The van der Waals surface area contributed by atoms with Crippen LogP contribution in [0.15, 0.2) is 65.1 Å². The number of ether oxygens (including phenoxy) is 1. The third-order valence-corrected chi connectivity index (χ3v) is 5.14. The highest BCUT2D eigenvalue weighted by atomic mass is 127. The number of hydrogen-bond acceptors (Lipinski definition) is 7. The molecule has 2 atom stereocenters. The van der Waals surface area contributed by atoms with Crippen LogP contribution in [-0.4, -0.2) is 33.7 Å². The van der Waals surface area contributed by atoms with Gasteiger partial charge in [-0.25, -0.2) is 0 Å². The predicted octanol–water partition coefficient (Wildman–Crippen LogP) is 3.20. The SMILES string of the molecule is O=C(NC(CO)C(O)c1ccc([N+](=O)[O-])cc1)c1ccc(COc2ccc(I)cc2)o1. The Morgan fingerprint density at radius 2 is 1.81 bits per heavy atom. The zero-order valence-corrected chi connectivity index (χ0v) is 18.3. The summed E-state index contributed by atoms with van der Waals surface area (Å²) in [5.74, 6) is 0.464. The Balaban J connectivity index is 1.60. The molecule has 1 amide bonds. The summed E-state index contributed by atoms with van der Waals surface area (Å²) in [4.78, 5) is 22.6. The van der Waals surface area contributed by atoms with Gasteiger partial charge in [-0.05, 0) is 76.7 Å². The molecule has 10 heteroatoms. The number of nitro benzene ring substituents is 1. The first-order chi connectivity index (χ1) is 14.9. The molecule has 0 saturated heterocycles. The van der Waals surface area contributed by atoms with Crippen LogP contribution in [0.3, 0.4) is 0 Å². The quantitative estimate of drug-likeness (QED) is 0.216. The number of nitrogens with zero attached hydrogens (tertiary/aromatic N) is 1. The predicted molar refractivity (Wildman–Crippen MR) is 119 cm³/mol. The molecule has 1 heterocycles. The number of nitrogens with one attached hydrogen (secondary N) is 1. The fourth-order valence-electron chi connectivity index (χ4n) is 2.75. The van der Waals surface area contributed by atoms with Crippen LogP contribution in [0.4, 0.5) is 5.69 Å². The van der Waals surface area contributed by atoms with Crippen LogP contribution in [0.5, 0.6) is 5.75 Å². The number of amides is 1. The van der Waals surface area contributed by atoms with Gasteiger partial charge in [0.25, 0.3) is 11.6 Å². The lowest BCUT2D eigenvalue weighted by Gasteiger charge is -2.22. The molecule has 2 aromatic carbocycles. The Morgan fingerprint density at radius 3 is 2.42 bits per heavy atom. The van der Waals surface area contributed by atoms with Crippen LogP contribution < -0.4 is 10.1 Å². The second kappa shape index (κ2) is 10.4. The third kappa shape index (κ3) is 6.03. The van der Waals surface area contributed by atoms with E-state index in [9.17, 15) is 25.1 Å². The van der Waals surface area contributed by atoms with Crippen molar-refractivity contribution in [1.29, 1.82) is 0 Å². The van der Waals surface area contributed by atoms with Crippen molar-refractivity contribution in [2.24, 2.45) is 0 Å². The number of nitro groups is 1. The fourth-order valence-corrected chi connectivity index (χ4v) is 3.11. The lowest BCUT2D eigenvalue weighted by atomic mass is 10.0. The Morgan fingerprint density at radius 1 is 1.13 bits per heavy atom. The van der Waals surface area contributed by atoms with Crippen LogP contribution in [-0.2, 0) is 6.61 Å². The summed E-state index contributed by atoms with van der Waals surface area (Å²) in [6.07, 6.45) is -1.27. The monoisotopic (exact) mass is 538 g/mol. The van der Waals surface area contributed by atoms with E-state index >= 15 is 0 Å². The Labute approximate surface area is 190 Å². The van der Waals surface area contributed by atoms with E-state index in [0.29, 0.717) is 17.1 Å². The number of carbonyl (C=O) groups excluding carboxylic acids is 1. The maximum absolute atomic E-state index is 12.5. The van der Waals surface area contributed by atoms with Gasteiger partial charge in [0.15, 0.2) is 5.76 Å². The van der Waals surface area contributed by atoms with E-state index in [0.717, 1.165) is 3.57 Å². The van der Waals surface area contributed by atoms with Crippen LogP contribution in [0, 0.1) is 13.7 Å².